The molecule has 0 bridgehead atoms. The van der Waals surface area contributed by atoms with Crippen LogP contribution in [0.4, 0.5) is 0 Å². The molecule has 1 atom stereocenters. The van der Waals surface area contributed by atoms with Gasteiger partial charge in [-0.1, -0.05) is 64.3 Å². The first kappa shape index (κ1) is 15.2. The maximum Gasteiger partial charge on any atom is 0.0323 e. The van der Waals surface area contributed by atoms with Crippen LogP contribution >= 0.6 is 0 Å². The van der Waals surface area contributed by atoms with Gasteiger partial charge in [-0.2, -0.15) is 0 Å². The lowest BCUT2D eigenvalue weighted by molar-refractivity contribution is 0.368. The van der Waals surface area contributed by atoms with Crippen molar-refractivity contribution in [1.82, 2.24) is 0 Å². The molecule has 0 saturated carbocycles. The summed E-state index contributed by atoms with van der Waals surface area (Å²) in [6.45, 7) is 6.72. The molecule has 0 aliphatic rings. The smallest absolute Gasteiger partial charge is 0.0323 e. The third-order valence-electron chi connectivity index (χ3n) is 3.73. The van der Waals surface area contributed by atoms with Crippen LogP contribution < -0.4 is 5.73 Å². The molecule has 0 fully saturated rings. The monoisotopic (exact) mass is 247 g/mol. The summed E-state index contributed by atoms with van der Waals surface area (Å²) >= 11 is 0. The average molecular weight is 247 g/mol. The van der Waals surface area contributed by atoms with Crippen molar-refractivity contribution in [1.29, 1.82) is 0 Å². The van der Waals surface area contributed by atoms with Crippen LogP contribution in [-0.4, -0.2) is 0 Å². The molecular weight excluding hydrogens is 218 g/mol. The number of hydrogen-bond donors (Lipinski definition) is 1. The van der Waals surface area contributed by atoms with E-state index in [2.05, 4.69) is 45.0 Å². The largest absolute Gasteiger partial charge is 0.324 e. The highest BCUT2D eigenvalue weighted by atomic mass is 14.6. The predicted octanol–water partition coefficient (Wildman–Crippen LogP) is 4.86. The van der Waals surface area contributed by atoms with E-state index < -0.39 is 0 Å². The molecule has 18 heavy (non-hydrogen) atoms. The number of benzene rings is 1. The second-order valence-corrected chi connectivity index (χ2v) is 5.35. The first-order valence-electron chi connectivity index (χ1n) is 7.57. The van der Waals surface area contributed by atoms with E-state index in [-0.39, 0.29) is 6.04 Å². The Kier molecular flexibility index (Phi) is 7.04. The molecule has 1 aromatic rings. The lowest BCUT2D eigenvalue weighted by Gasteiger charge is -2.23. The summed E-state index contributed by atoms with van der Waals surface area (Å²) in [5, 5.41) is 0. The SMILES string of the molecule is CCCc1ccc(C(N)C(CCC)CCC)cc1. The average Bonchev–Trinajstić information content (AvgIpc) is 2.39. The van der Waals surface area contributed by atoms with Gasteiger partial charge in [-0.15, -0.1) is 0 Å². The van der Waals surface area contributed by atoms with Crippen molar-refractivity contribution in [3.63, 3.8) is 0 Å². The first-order chi connectivity index (χ1) is 8.72. The molecule has 102 valence electrons. The fourth-order valence-corrected chi connectivity index (χ4v) is 2.71. The van der Waals surface area contributed by atoms with E-state index in [0.29, 0.717) is 5.92 Å². The minimum absolute atomic E-state index is 0.209. The van der Waals surface area contributed by atoms with Crippen molar-refractivity contribution in [2.24, 2.45) is 11.7 Å². The Morgan fingerprint density at radius 2 is 1.44 bits per heavy atom. The minimum atomic E-state index is 0.209. The molecule has 0 radical (unpaired) electrons. The number of rotatable bonds is 8. The number of aryl methyl sites for hydroxylation is 1. The van der Waals surface area contributed by atoms with Crippen molar-refractivity contribution >= 4 is 0 Å². The van der Waals surface area contributed by atoms with Crippen molar-refractivity contribution in [2.75, 3.05) is 0 Å². The topological polar surface area (TPSA) is 26.0 Å². The van der Waals surface area contributed by atoms with Crippen LogP contribution in [0.15, 0.2) is 24.3 Å². The van der Waals surface area contributed by atoms with Gasteiger partial charge in [0, 0.05) is 6.04 Å². The Hall–Kier alpha value is -0.820. The van der Waals surface area contributed by atoms with E-state index in [1.165, 1.54) is 49.7 Å². The summed E-state index contributed by atoms with van der Waals surface area (Å²) in [4.78, 5) is 0. The Bertz CT molecular complexity index is 309. The zero-order valence-electron chi connectivity index (χ0n) is 12.3. The van der Waals surface area contributed by atoms with Gasteiger partial charge in [0.05, 0.1) is 0 Å². The molecule has 1 unspecified atom stereocenters. The van der Waals surface area contributed by atoms with Crippen LogP contribution in [0.2, 0.25) is 0 Å². The molecule has 0 saturated heterocycles. The summed E-state index contributed by atoms with van der Waals surface area (Å²) in [5.74, 6) is 0.636. The quantitative estimate of drug-likeness (QED) is 0.698. The standard InChI is InChI=1S/C17H29N/c1-4-7-14-10-12-16(13-11-14)17(18)15(8-5-2)9-6-3/h10-13,15,17H,4-9,18H2,1-3H3. The summed E-state index contributed by atoms with van der Waals surface area (Å²) in [7, 11) is 0. The minimum Gasteiger partial charge on any atom is -0.324 e. The number of hydrogen-bond acceptors (Lipinski definition) is 1. The zero-order chi connectivity index (χ0) is 13.4. The molecule has 0 spiro atoms. The van der Waals surface area contributed by atoms with Gasteiger partial charge in [-0.05, 0) is 36.3 Å². The van der Waals surface area contributed by atoms with Crippen molar-refractivity contribution in [2.45, 2.75) is 65.3 Å². The lowest BCUT2D eigenvalue weighted by Crippen LogP contribution is -2.21. The molecule has 1 heteroatoms. The van der Waals surface area contributed by atoms with Crippen LogP contribution in [0.1, 0.15) is 70.0 Å². The third-order valence-corrected chi connectivity index (χ3v) is 3.73. The summed E-state index contributed by atoms with van der Waals surface area (Å²) in [6, 6.07) is 9.16. The second kappa shape index (κ2) is 8.31. The van der Waals surface area contributed by atoms with Gasteiger partial charge in [-0.25, -0.2) is 0 Å². The Labute approximate surface area is 113 Å². The van der Waals surface area contributed by atoms with Crippen molar-refractivity contribution in [3.8, 4) is 0 Å². The summed E-state index contributed by atoms with van der Waals surface area (Å²) < 4.78 is 0. The van der Waals surface area contributed by atoms with Gasteiger partial charge in [0.15, 0.2) is 0 Å². The first-order valence-corrected chi connectivity index (χ1v) is 7.57. The Balaban J connectivity index is 2.70. The van der Waals surface area contributed by atoms with E-state index in [1.54, 1.807) is 0 Å². The van der Waals surface area contributed by atoms with Gasteiger partial charge in [0.25, 0.3) is 0 Å². The highest BCUT2D eigenvalue weighted by Gasteiger charge is 2.17. The molecule has 0 aromatic heterocycles. The van der Waals surface area contributed by atoms with E-state index >= 15 is 0 Å². The molecule has 1 nitrogen and oxygen atoms in total. The molecule has 0 heterocycles. The highest BCUT2D eigenvalue weighted by molar-refractivity contribution is 5.25. The fourth-order valence-electron chi connectivity index (χ4n) is 2.71. The van der Waals surface area contributed by atoms with Gasteiger partial charge in [0.1, 0.15) is 0 Å². The Morgan fingerprint density at radius 1 is 0.889 bits per heavy atom. The van der Waals surface area contributed by atoms with Crippen LogP contribution in [-0.2, 0) is 6.42 Å². The maximum atomic E-state index is 6.44. The molecule has 0 amide bonds. The summed E-state index contributed by atoms with van der Waals surface area (Å²) in [5.41, 5.74) is 9.17. The van der Waals surface area contributed by atoms with Crippen molar-refractivity contribution in [3.05, 3.63) is 35.4 Å². The molecule has 1 rings (SSSR count). The summed E-state index contributed by atoms with van der Waals surface area (Å²) in [6.07, 6.45) is 7.32. The van der Waals surface area contributed by atoms with Gasteiger partial charge in [-0.3, -0.25) is 0 Å². The van der Waals surface area contributed by atoms with Crippen molar-refractivity contribution < 1.29 is 0 Å². The van der Waals surface area contributed by atoms with Crippen LogP contribution in [0, 0.1) is 5.92 Å². The highest BCUT2D eigenvalue weighted by Crippen LogP contribution is 2.27. The number of nitrogens with two attached hydrogens (primary N) is 1. The molecule has 2 N–H and O–H groups in total. The second-order valence-electron chi connectivity index (χ2n) is 5.35. The molecule has 0 aliphatic carbocycles. The third kappa shape index (κ3) is 4.45. The molecule has 0 aliphatic heterocycles. The zero-order valence-corrected chi connectivity index (χ0v) is 12.3. The van der Waals surface area contributed by atoms with E-state index in [4.69, 9.17) is 5.73 Å². The maximum absolute atomic E-state index is 6.44. The molecular formula is C17H29N. The van der Waals surface area contributed by atoms with Crippen LogP contribution in [0.3, 0.4) is 0 Å². The van der Waals surface area contributed by atoms with E-state index in [0.717, 1.165) is 0 Å². The van der Waals surface area contributed by atoms with E-state index in [1.807, 2.05) is 0 Å². The lowest BCUT2D eigenvalue weighted by atomic mass is 9.86. The normalized spacial score (nSPS) is 12.9. The fraction of sp³-hybridized carbons (Fsp3) is 0.647. The Morgan fingerprint density at radius 3 is 1.89 bits per heavy atom. The van der Waals surface area contributed by atoms with Crippen LogP contribution in [0.25, 0.3) is 0 Å². The predicted molar refractivity (Wildman–Crippen MR) is 80.7 cm³/mol. The van der Waals surface area contributed by atoms with E-state index in [9.17, 15) is 0 Å². The molecule has 1 aromatic carbocycles. The van der Waals surface area contributed by atoms with Crippen LogP contribution in [0.5, 0.6) is 0 Å². The van der Waals surface area contributed by atoms with Gasteiger partial charge < -0.3 is 5.73 Å². The van der Waals surface area contributed by atoms with Gasteiger partial charge >= 0.3 is 0 Å². The van der Waals surface area contributed by atoms with Gasteiger partial charge in [0.2, 0.25) is 0 Å².